The molecule has 0 radical (unpaired) electrons. The van der Waals surface area contributed by atoms with Crippen LogP contribution in [-0.4, -0.2) is 31.6 Å². The molecule has 0 atom stereocenters. The third-order valence-corrected chi connectivity index (χ3v) is 5.12. The molecule has 0 unspecified atom stereocenters. The van der Waals surface area contributed by atoms with Crippen molar-refractivity contribution in [2.75, 3.05) is 18.1 Å². The molecule has 34 heavy (non-hydrogen) atoms. The van der Waals surface area contributed by atoms with E-state index in [0.29, 0.717) is 34.1 Å². The van der Waals surface area contributed by atoms with Gasteiger partial charge in [0, 0.05) is 25.2 Å². The van der Waals surface area contributed by atoms with Gasteiger partial charge in [0.15, 0.2) is 11.5 Å². The van der Waals surface area contributed by atoms with Crippen molar-refractivity contribution < 1.29 is 8.78 Å². The van der Waals surface area contributed by atoms with E-state index in [1.54, 1.807) is 44.5 Å². The average Bonchev–Trinajstić information content (AvgIpc) is 3.26. The quantitative estimate of drug-likeness (QED) is 0.372. The van der Waals surface area contributed by atoms with Crippen LogP contribution in [0.2, 0.25) is 0 Å². The Morgan fingerprint density at radius 2 is 1.94 bits per heavy atom. The lowest BCUT2D eigenvalue weighted by Gasteiger charge is -2.12. The zero-order valence-electron chi connectivity index (χ0n) is 18.8. The molecule has 3 heterocycles. The summed E-state index contributed by atoms with van der Waals surface area (Å²) in [4.78, 5) is 13.5. The van der Waals surface area contributed by atoms with Crippen LogP contribution in [0.25, 0.3) is 28.0 Å². The van der Waals surface area contributed by atoms with Crippen molar-refractivity contribution in [3.05, 3.63) is 90.4 Å². The maximum atomic E-state index is 14.3. The van der Waals surface area contributed by atoms with E-state index in [-0.39, 0.29) is 23.8 Å². The summed E-state index contributed by atoms with van der Waals surface area (Å²) in [6.45, 7) is 5.60. The molecule has 172 valence electrons. The first kappa shape index (κ1) is 22.8. The summed E-state index contributed by atoms with van der Waals surface area (Å²) in [6, 6.07) is 9.61. The summed E-state index contributed by atoms with van der Waals surface area (Å²) in [7, 11) is 1.76. The third-order valence-electron chi connectivity index (χ3n) is 5.12. The van der Waals surface area contributed by atoms with E-state index >= 15 is 0 Å². The first-order valence-corrected chi connectivity index (χ1v) is 10.5. The third kappa shape index (κ3) is 4.54. The molecule has 0 aliphatic carbocycles. The number of aromatic nitrogens is 5. The Hall–Kier alpha value is -4.40. The van der Waals surface area contributed by atoms with Gasteiger partial charge in [-0.15, -0.1) is 5.10 Å². The van der Waals surface area contributed by atoms with Crippen LogP contribution in [0.4, 0.5) is 20.5 Å². The first-order chi connectivity index (χ1) is 16.4. The Kier molecular flexibility index (Phi) is 6.44. The first-order valence-electron chi connectivity index (χ1n) is 10.5. The molecule has 0 bridgehead atoms. The van der Waals surface area contributed by atoms with Crippen LogP contribution < -0.4 is 11.1 Å². The normalized spacial score (nSPS) is 11.9. The van der Waals surface area contributed by atoms with E-state index < -0.39 is 5.83 Å². The average molecular weight is 460 g/mol. The summed E-state index contributed by atoms with van der Waals surface area (Å²) in [5, 5.41) is 7.46. The molecule has 0 aliphatic rings. The second-order valence-electron chi connectivity index (χ2n) is 7.46. The minimum atomic E-state index is -0.455. The number of halogens is 2. The van der Waals surface area contributed by atoms with E-state index in [0.717, 1.165) is 5.56 Å². The van der Waals surface area contributed by atoms with Gasteiger partial charge in [0.25, 0.3) is 0 Å². The van der Waals surface area contributed by atoms with Crippen LogP contribution in [0.5, 0.6) is 0 Å². The zero-order chi connectivity index (χ0) is 24.2. The van der Waals surface area contributed by atoms with Gasteiger partial charge >= 0.3 is 0 Å². The predicted octanol–water partition coefficient (Wildman–Crippen LogP) is 5.14. The van der Waals surface area contributed by atoms with Crippen LogP contribution >= 0.6 is 0 Å². The smallest absolute Gasteiger partial charge is 0.223 e. The zero-order valence-corrected chi connectivity index (χ0v) is 18.8. The van der Waals surface area contributed by atoms with E-state index in [4.69, 9.17) is 5.73 Å². The van der Waals surface area contributed by atoms with E-state index in [1.807, 2.05) is 12.1 Å². The highest BCUT2D eigenvalue weighted by Crippen LogP contribution is 2.35. The number of benzene rings is 1. The van der Waals surface area contributed by atoms with Crippen molar-refractivity contribution in [3.8, 4) is 22.4 Å². The number of hydrogen-bond acceptors (Lipinski definition) is 6. The molecule has 9 heteroatoms. The molecule has 4 aromatic rings. The SMILES string of the molecule is C=C(Cc1nc2c(-c3ccnc(NC)c3)c(-c3ccc(F)cc3)nc(N)n2n1)/C(F)=C\C=C/C. The van der Waals surface area contributed by atoms with Gasteiger partial charge in [0.2, 0.25) is 5.95 Å². The maximum Gasteiger partial charge on any atom is 0.223 e. The Bertz CT molecular complexity index is 1420. The van der Waals surface area contributed by atoms with Gasteiger partial charge in [-0.05, 0) is 60.5 Å². The summed E-state index contributed by atoms with van der Waals surface area (Å²) < 4.78 is 29.3. The van der Waals surface area contributed by atoms with Crippen LogP contribution in [0.3, 0.4) is 0 Å². The second-order valence-corrected chi connectivity index (χ2v) is 7.46. The van der Waals surface area contributed by atoms with Crippen molar-refractivity contribution in [2.24, 2.45) is 0 Å². The summed E-state index contributed by atoms with van der Waals surface area (Å²) in [5.74, 6) is 0.250. The number of nitrogens with zero attached hydrogens (tertiary/aromatic N) is 5. The lowest BCUT2D eigenvalue weighted by Crippen LogP contribution is -2.06. The standard InChI is InChI=1S/C25H23F2N7/c1-4-5-6-19(27)15(2)13-21-31-24-22(17-11-12-30-20(14-17)29-3)23(32-25(28)34(24)33-21)16-7-9-18(26)10-8-16/h4-12,14H,2,13H2,1,3H3,(H2,28,32)(H,29,30)/b5-4-,19-6+. The highest BCUT2D eigenvalue weighted by molar-refractivity contribution is 5.91. The summed E-state index contributed by atoms with van der Waals surface area (Å²) in [5.41, 5.74) is 9.46. The molecule has 3 N–H and O–H groups in total. The molecule has 3 aromatic heterocycles. The lowest BCUT2D eigenvalue weighted by atomic mass is 10.0. The van der Waals surface area contributed by atoms with E-state index in [9.17, 15) is 8.78 Å². The number of fused-ring (bicyclic) bond motifs is 1. The van der Waals surface area contributed by atoms with E-state index in [1.165, 1.54) is 22.7 Å². The van der Waals surface area contributed by atoms with Gasteiger partial charge in [0.05, 0.1) is 11.3 Å². The molecule has 0 fully saturated rings. The topological polar surface area (TPSA) is 94.0 Å². The summed E-state index contributed by atoms with van der Waals surface area (Å²) in [6.07, 6.45) is 6.39. The lowest BCUT2D eigenvalue weighted by molar-refractivity contribution is 0.628. The molecule has 1 aromatic carbocycles. The van der Waals surface area contributed by atoms with Gasteiger partial charge in [-0.3, -0.25) is 0 Å². The number of rotatable bonds is 7. The Morgan fingerprint density at radius 3 is 2.65 bits per heavy atom. The van der Waals surface area contributed by atoms with Crippen LogP contribution in [-0.2, 0) is 6.42 Å². The fraction of sp³-hybridized carbons (Fsp3) is 0.120. The van der Waals surface area contributed by atoms with Crippen molar-refractivity contribution in [3.63, 3.8) is 0 Å². The minimum Gasteiger partial charge on any atom is -0.373 e. The van der Waals surface area contributed by atoms with E-state index in [2.05, 4.69) is 31.9 Å². The van der Waals surface area contributed by atoms with Gasteiger partial charge < -0.3 is 11.1 Å². The van der Waals surface area contributed by atoms with Gasteiger partial charge in [-0.25, -0.2) is 23.7 Å². The molecule has 0 spiro atoms. The highest BCUT2D eigenvalue weighted by Gasteiger charge is 2.21. The number of allylic oxidation sites excluding steroid dienone is 5. The monoisotopic (exact) mass is 459 g/mol. The molecule has 0 saturated carbocycles. The molecule has 0 amide bonds. The number of nitrogens with two attached hydrogens (primary N) is 1. The largest absolute Gasteiger partial charge is 0.373 e. The van der Waals surface area contributed by atoms with Crippen molar-refractivity contribution in [2.45, 2.75) is 13.3 Å². The molecular formula is C25H23F2N7. The maximum absolute atomic E-state index is 14.3. The van der Waals surface area contributed by atoms with Crippen molar-refractivity contribution in [1.29, 1.82) is 0 Å². The molecule has 0 aliphatic heterocycles. The van der Waals surface area contributed by atoms with Crippen molar-refractivity contribution in [1.82, 2.24) is 24.6 Å². The van der Waals surface area contributed by atoms with Gasteiger partial charge in [-0.2, -0.15) is 4.52 Å². The fourth-order valence-corrected chi connectivity index (χ4v) is 3.45. The van der Waals surface area contributed by atoms with Crippen LogP contribution in [0, 0.1) is 5.82 Å². The summed E-state index contributed by atoms with van der Waals surface area (Å²) >= 11 is 0. The van der Waals surface area contributed by atoms with Crippen LogP contribution in [0.1, 0.15) is 12.7 Å². The Morgan fingerprint density at radius 1 is 1.18 bits per heavy atom. The number of hydrogen-bond donors (Lipinski definition) is 2. The molecular weight excluding hydrogens is 436 g/mol. The van der Waals surface area contributed by atoms with Gasteiger partial charge in [0.1, 0.15) is 17.5 Å². The number of nitrogens with one attached hydrogen (secondary N) is 1. The van der Waals surface area contributed by atoms with Crippen LogP contribution in [0.15, 0.2) is 78.8 Å². The Labute approximate surface area is 195 Å². The molecule has 4 rings (SSSR count). The highest BCUT2D eigenvalue weighted by atomic mass is 19.1. The number of pyridine rings is 1. The number of anilines is 2. The Balaban J connectivity index is 1.92. The minimum absolute atomic E-state index is 0.0877. The van der Waals surface area contributed by atoms with Crippen molar-refractivity contribution >= 4 is 17.4 Å². The molecule has 0 saturated heterocycles. The second kappa shape index (κ2) is 9.62. The predicted molar refractivity (Wildman–Crippen MR) is 130 cm³/mol. The molecule has 7 nitrogen and oxygen atoms in total. The number of nitrogen functional groups attached to an aromatic ring is 1. The van der Waals surface area contributed by atoms with Gasteiger partial charge in [-0.1, -0.05) is 18.7 Å². The fourth-order valence-electron chi connectivity index (χ4n) is 3.45.